The molecule has 10 heteroatoms. The number of non-ortho nitro benzene ring substituents is 1. The van der Waals surface area contributed by atoms with Gasteiger partial charge in [-0.2, -0.15) is 10.1 Å². The summed E-state index contributed by atoms with van der Waals surface area (Å²) in [6, 6.07) is 3.68. The molecular weight excluding hydrogens is 308 g/mol. The molecule has 1 aromatic carbocycles. The normalized spacial score (nSPS) is 11.2. The number of nitro groups is 1. The van der Waals surface area contributed by atoms with Crippen molar-refractivity contribution in [3.05, 3.63) is 33.9 Å². The van der Waals surface area contributed by atoms with Gasteiger partial charge in [0, 0.05) is 22.9 Å². The minimum Gasteiger partial charge on any atom is -0.507 e. The molecule has 9 nitrogen and oxygen atoms in total. The molecule has 2 aromatic rings. The van der Waals surface area contributed by atoms with Crippen molar-refractivity contribution in [1.82, 2.24) is 15.2 Å². The van der Waals surface area contributed by atoms with Gasteiger partial charge in [-0.1, -0.05) is 25.6 Å². The van der Waals surface area contributed by atoms with Gasteiger partial charge < -0.3 is 5.11 Å². The number of rotatable bonds is 6. The number of phenolic OH excluding ortho intramolecular Hbond substituents is 1. The van der Waals surface area contributed by atoms with Crippen LogP contribution in [0.1, 0.15) is 19.4 Å². The summed E-state index contributed by atoms with van der Waals surface area (Å²) in [5.74, 6) is 0.231. The van der Waals surface area contributed by atoms with Gasteiger partial charge in [0.1, 0.15) is 5.75 Å². The lowest BCUT2D eigenvalue weighted by Gasteiger charge is -1.99. The first-order chi connectivity index (χ1) is 10.5. The average molecular weight is 322 g/mol. The van der Waals surface area contributed by atoms with Crippen LogP contribution < -0.4 is 5.43 Å². The maximum absolute atomic E-state index is 10.7. The van der Waals surface area contributed by atoms with E-state index in [0.717, 1.165) is 0 Å². The fourth-order valence-corrected chi connectivity index (χ4v) is 2.15. The number of hydrazone groups is 1. The van der Waals surface area contributed by atoms with E-state index in [1.807, 2.05) is 13.8 Å². The zero-order valence-corrected chi connectivity index (χ0v) is 12.7. The molecule has 2 rings (SSSR count). The number of hydrogen-bond acceptors (Lipinski definition) is 8. The highest BCUT2D eigenvalue weighted by molar-refractivity contribution is 7.99. The molecule has 3 N–H and O–H groups in total. The molecule has 0 unspecified atom stereocenters. The van der Waals surface area contributed by atoms with Crippen LogP contribution in [0.3, 0.4) is 0 Å². The summed E-state index contributed by atoms with van der Waals surface area (Å²) < 4.78 is 0. The number of aromatic hydroxyl groups is 1. The molecule has 116 valence electrons. The Kier molecular flexibility index (Phi) is 4.94. The number of aromatic nitrogens is 3. The molecule has 0 amide bonds. The van der Waals surface area contributed by atoms with Crippen LogP contribution in [0.15, 0.2) is 28.5 Å². The van der Waals surface area contributed by atoms with Crippen molar-refractivity contribution in [2.24, 2.45) is 5.10 Å². The molecule has 0 saturated heterocycles. The number of thioether (sulfide) groups is 1. The van der Waals surface area contributed by atoms with Gasteiger partial charge in [0.05, 0.1) is 11.1 Å². The molecule has 0 fully saturated rings. The summed E-state index contributed by atoms with van der Waals surface area (Å²) >= 11 is 1.50. The van der Waals surface area contributed by atoms with Gasteiger partial charge >= 0.3 is 0 Å². The van der Waals surface area contributed by atoms with Crippen molar-refractivity contribution < 1.29 is 10.0 Å². The summed E-state index contributed by atoms with van der Waals surface area (Å²) in [5.41, 5.74) is 2.70. The largest absolute Gasteiger partial charge is 0.507 e. The molecular formula is C12H14N6O3S. The van der Waals surface area contributed by atoms with Crippen LogP contribution in [-0.2, 0) is 0 Å². The molecule has 0 aliphatic heterocycles. The lowest BCUT2D eigenvalue weighted by molar-refractivity contribution is -0.384. The first-order valence-corrected chi connectivity index (χ1v) is 7.19. The summed E-state index contributed by atoms with van der Waals surface area (Å²) in [6.45, 7) is 4.05. The molecule has 0 saturated carbocycles. The fraction of sp³-hybridized carbons (Fsp3) is 0.250. The van der Waals surface area contributed by atoms with E-state index in [4.69, 9.17) is 0 Å². The molecule has 0 spiro atoms. The van der Waals surface area contributed by atoms with Gasteiger partial charge in [0.25, 0.3) is 5.69 Å². The third-order valence-corrected chi connectivity index (χ3v) is 3.27. The lowest BCUT2D eigenvalue weighted by Crippen LogP contribution is -1.94. The fourth-order valence-electron chi connectivity index (χ4n) is 1.48. The minimum absolute atomic E-state index is 0.107. The van der Waals surface area contributed by atoms with E-state index in [2.05, 4.69) is 25.7 Å². The monoisotopic (exact) mass is 322 g/mol. The number of nitrogens with zero attached hydrogens (tertiary/aromatic N) is 4. The molecule has 0 bridgehead atoms. The van der Waals surface area contributed by atoms with Gasteiger partial charge in [-0.05, 0) is 6.07 Å². The zero-order valence-electron chi connectivity index (χ0n) is 11.8. The molecule has 1 aromatic heterocycles. The Hall–Kier alpha value is -2.62. The maximum atomic E-state index is 10.7. The van der Waals surface area contributed by atoms with E-state index in [0.29, 0.717) is 16.4 Å². The third-order valence-electron chi connectivity index (χ3n) is 2.40. The molecule has 1 heterocycles. The third kappa shape index (κ3) is 4.19. The number of hydrogen-bond donors (Lipinski definition) is 3. The summed E-state index contributed by atoms with van der Waals surface area (Å²) in [5, 5.41) is 31.8. The van der Waals surface area contributed by atoms with Crippen molar-refractivity contribution in [1.29, 1.82) is 0 Å². The smallest absolute Gasteiger partial charge is 0.270 e. The van der Waals surface area contributed by atoms with E-state index < -0.39 is 4.92 Å². The number of anilines is 1. The molecule has 0 aliphatic rings. The van der Waals surface area contributed by atoms with E-state index in [9.17, 15) is 15.2 Å². The predicted octanol–water partition coefficient (Wildman–Crippen LogP) is 2.37. The van der Waals surface area contributed by atoms with Crippen LogP contribution in [0.5, 0.6) is 5.75 Å². The highest BCUT2D eigenvalue weighted by Crippen LogP contribution is 2.21. The van der Waals surface area contributed by atoms with Crippen molar-refractivity contribution in [3.63, 3.8) is 0 Å². The highest BCUT2D eigenvalue weighted by Gasteiger charge is 2.09. The molecule has 22 heavy (non-hydrogen) atoms. The van der Waals surface area contributed by atoms with E-state index in [1.165, 1.54) is 36.2 Å². The lowest BCUT2D eigenvalue weighted by atomic mass is 10.2. The molecule has 0 radical (unpaired) electrons. The Morgan fingerprint density at radius 1 is 1.55 bits per heavy atom. The standard InChI is InChI=1S/C12H14N6O3S/c1-7(2)22-12-14-11(16-17-12)15-13-6-8-5-9(18(20)21)3-4-10(8)19/h3-7,19H,1-2H3,(H2,14,15,16,17)/b13-6+. The summed E-state index contributed by atoms with van der Waals surface area (Å²) in [6.07, 6.45) is 1.26. The Bertz CT molecular complexity index is 700. The topological polar surface area (TPSA) is 129 Å². The van der Waals surface area contributed by atoms with Crippen molar-refractivity contribution in [2.75, 3.05) is 5.43 Å². The Morgan fingerprint density at radius 3 is 3.00 bits per heavy atom. The SMILES string of the molecule is CC(C)Sc1n[nH]c(N/N=C/c2cc([N+](=O)[O-])ccc2O)n1. The highest BCUT2D eigenvalue weighted by atomic mass is 32.2. The Labute approximate surface area is 130 Å². The first-order valence-electron chi connectivity index (χ1n) is 6.31. The van der Waals surface area contributed by atoms with Crippen LogP contribution in [0.25, 0.3) is 0 Å². The molecule has 0 atom stereocenters. The van der Waals surface area contributed by atoms with Gasteiger partial charge in [-0.3, -0.25) is 10.1 Å². The van der Waals surface area contributed by atoms with Crippen molar-refractivity contribution in [2.45, 2.75) is 24.3 Å². The van der Waals surface area contributed by atoms with Gasteiger partial charge in [-0.25, -0.2) is 10.5 Å². The van der Waals surface area contributed by atoms with Crippen LogP contribution >= 0.6 is 11.8 Å². The average Bonchev–Trinajstić information content (AvgIpc) is 2.87. The van der Waals surface area contributed by atoms with E-state index in [-0.39, 0.29) is 17.0 Å². The number of phenols is 1. The Morgan fingerprint density at radius 2 is 2.32 bits per heavy atom. The second-order valence-corrected chi connectivity index (χ2v) is 6.05. The minimum atomic E-state index is -0.546. The number of benzene rings is 1. The quantitative estimate of drug-likeness (QED) is 0.322. The molecule has 0 aliphatic carbocycles. The van der Waals surface area contributed by atoms with Gasteiger partial charge in [-0.15, -0.1) is 5.10 Å². The first kappa shape index (κ1) is 15.8. The zero-order chi connectivity index (χ0) is 16.1. The number of H-pyrrole nitrogens is 1. The van der Waals surface area contributed by atoms with Crippen LogP contribution in [-0.4, -0.2) is 36.7 Å². The van der Waals surface area contributed by atoms with Crippen LogP contribution in [0, 0.1) is 10.1 Å². The van der Waals surface area contributed by atoms with Gasteiger partial charge in [0.2, 0.25) is 11.1 Å². The second-order valence-electron chi connectivity index (χ2n) is 4.50. The second kappa shape index (κ2) is 6.89. The van der Waals surface area contributed by atoms with Crippen LogP contribution in [0.2, 0.25) is 0 Å². The van der Waals surface area contributed by atoms with E-state index >= 15 is 0 Å². The summed E-state index contributed by atoms with van der Waals surface area (Å²) in [7, 11) is 0. The maximum Gasteiger partial charge on any atom is 0.270 e. The van der Waals surface area contributed by atoms with E-state index in [1.54, 1.807) is 0 Å². The number of nitrogens with one attached hydrogen (secondary N) is 2. The predicted molar refractivity (Wildman–Crippen MR) is 83.4 cm³/mol. The number of aromatic amines is 1. The van der Waals surface area contributed by atoms with Crippen LogP contribution in [0.4, 0.5) is 11.6 Å². The van der Waals surface area contributed by atoms with Gasteiger partial charge in [0.15, 0.2) is 0 Å². The van der Waals surface area contributed by atoms with Crippen molar-refractivity contribution >= 4 is 29.6 Å². The van der Waals surface area contributed by atoms with Crippen molar-refractivity contribution in [3.8, 4) is 5.75 Å². The number of nitro benzene ring substituents is 1. The summed E-state index contributed by atoms with van der Waals surface area (Å²) in [4.78, 5) is 14.3. The Balaban J connectivity index is 2.04.